The van der Waals surface area contributed by atoms with E-state index in [1.54, 1.807) is 41.5 Å². The molecule has 6 atom stereocenters. The number of rotatable bonds is 11. The van der Waals surface area contributed by atoms with Crippen LogP contribution in [0.5, 0.6) is 0 Å². The number of hydrogen-bond acceptors (Lipinski definition) is 9. The maximum atomic E-state index is 10.5. The molecule has 10 heteroatoms. The minimum Gasteiger partial charge on any atom is -0.393 e. The van der Waals surface area contributed by atoms with Crippen LogP contribution in [0.3, 0.4) is 0 Å². The fourth-order valence-electron chi connectivity index (χ4n) is 1.83. The van der Waals surface area contributed by atoms with Crippen LogP contribution in [0.4, 0.5) is 0 Å². The maximum Gasteiger partial charge on any atom is 0.168 e. The SMILES string of the molecule is CC(O)CC(C)O.CC(O)CC(C)O.CCOC(O)C(C=O)C(O)OCC.[Cr]. The Morgan fingerprint density at radius 3 is 1.04 bits per heavy atom. The molecule has 0 saturated carbocycles. The summed E-state index contributed by atoms with van der Waals surface area (Å²) < 4.78 is 9.49. The Morgan fingerprint density at radius 2 is 0.929 bits per heavy atom. The Labute approximate surface area is 179 Å². The molecule has 6 unspecified atom stereocenters. The first-order valence-electron chi connectivity index (χ1n) is 9.19. The first kappa shape index (κ1) is 35.3. The van der Waals surface area contributed by atoms with Crippen molar-refractivity contribution >= 4 is 6.29 Å². The van der Waals surface area contributed by atoms with Gasteiger partial charge in [0, 0.05) is 30.6 Å². The van der Waals surface area contributed by atoms with Gasteiger partial charge < -0.3 is 44.9 Å². The quantitative estimate of drug-likeness (QED) is 0.184. The summed E-state index contributed by atoms with van der Waals surface area (Å²) >= 11 is 0. The molecule has 0 rings (SSSR count). The van der Waals surface area contributed by atoms with Crippen LogP contribution in [0.25, 0.3) is 0 Å². The Kier molecular flexibility index (Phi) is 29.2. The van der Waals surface area contributed by atoms with E-state index in [0.717, 1.165) is 0 Å². The minimum atomic E-state index is -1.32. The smallest absolute Gasteiger partial charge is 0.168 e. The van der Waals surface area contributed by atoms with Crippen molar-refractivity contribution in [3.63, 3.8) is 0 Å². The Balaban J connectivity index is -0.000000165. The standard InChI is InChI=1S/C8H16O5.2C5H12O2.Cr/c1-3-12-7(10)6(5-9)8(11)13-4-2;2*1-4(6)3-5(2)7;/h5-8,10-11H,3-4H2,1-2H3;2*4-7H,3H2,1-2H3;. The minimum absolute atomic E-state index is 0. The van der Waals surface area contributed by atoms with Gasteiger partial charge in [-0.15, -0.1) is 0 Å². The maximum absolute atomic E-state index is 10.5. The summed E-state index contributed by atoms with van der Waals surface area (Å²) in [5, 5.41) is 52.7. The zero-order valence-electron chi connectivity index (χ0n) is 17.8. The van der Waals surface area contributed by atoms with Gasteiger partial charge in [0.15, 0.2) is 12.6 Å². The number of carbonyl (C=O) groups is 1. The van der Waals surface area contributed by atoms with E-state index in [0.29, 0.717) is 19.1 Å². The number of ether oxygens (including phenoxy) is 2. The third-order valence-electron chi connectivity index (χ3n) is 2.85. The first-order chi connectivity index (χ1) is 12.4. The molecule has 6 N–H and O–H groups in total. The fraction of sp³-hybridized carbons (Fsp3) is 0.944. The number of aldehydes is 1. The number of aliphatic hydroxyl groups excluding tert-OH is 6. The molecule has 0 radical (unpaired) electrons. The molecule has 0 heterocycles. The van der Waals surface area contributed by atoms with E-state index >= 15 is 0 Å². The van der Waals surface area contributed by atoms with Gasteiger partial charge in [-0.05, 0) is 54.4 Å². The van der Waals surface area contributed by atoms with E-state index in [-0.39, 0.29) is 55.0 Å². The second kappa shape index (κ2) is 23.2. The van der Waals surface area contributed by atoms with E-state index in [4.69, 9.17) is 29.9 Å². The summed E-state index contributed by atoms with van der Waals surface area (Å²) in [5.41, 5.74) is 0. The summed E-state index contributed by atoms with van der Waals surface area (Å²) in [6.07, 6.45) is -2.77. The Morgan fingerprint density at radius 1 is 0.679 bits per heavy atom. The monoisotopic (exact) mass is 452 g/mol. The van der Waals surface area contributed by atoms with Crippen molar-refractivity contribution in [1.29, 1.82) is 0 Å². The van der Waals surface area contributed by atoms with Crippen molar-refractivity contribution in [3.8, 4) is 0 Å². The van der Waals surface area contributed by atoms with Crippen molar-refractivity contribution in [1.82, 2.24) is 0 Å². The molecule has 0 aliphatic rings. The average Bonchev–Trinajstić information content (AvgIpc) is 2.46. The van der Waals surface area contributed by atoms with Crippen LogP contribution in [-0.2, 0) is 31.6 Å². The third kappa shape index (κ3) is 28.1. The first-order valence-corrected chi connectivity index (χ1v) is 9.19. The summed E-state index contributed by atoms with van der Waals surface area (Å²) in [5.74, 6) is -1.06. The van der Waals surface area contributed by atoms with E-state index < -0.39 is 18.5 Å². The second-order valence-corrected chi connectivity index (χ2v) is 6.27. The number of hydrogen-bond donors (Lipinski definition) is 6. The number of carbonyl (C=O) groups excluding carboxylic acids is 1. The average molecular weight is 453 g/mol. The van der Waals surface area contributed by atoms with Gasteiger partial charge in [0.25, 0.3) is 0 Å². The molecule has 0 aliphatic heterocycles. The van der Waals surface area contributed by atoms with Crippen LogP contribution < -0.4 is 0 Å². The van der Waals surface area contributed by atoms with Gasteiger partial charge in [-0.1, -0.05) is 0 Å². The molecule has 0 amide bonds. The van der Waals surface area contributed by atoms with Gasteiger partial charge >= 0.3 is 0 Å². The van der Waals surface area contributed by atoms with Crippen molar-refractivity contribution < 1.29 is 62.3 Å². The van der Waals surface area contributed by atoms with Crippen LogP contribution in [0, 0.1) is 5.92 Å². The molecule has 172 valence electrons. The molecule has 0 aromatic carbocycles. The van der Waals surface area contributed by atoms with Gasteiger partial charge in [0.05, 0.1) is 24.4 Å². The molecule has 0 fully saturated rings. The molecular formula is C18H40CrO9. The van der Waals surface area contributed by atoms with Gasteiger partial charge in [0.1, 0.15) is 12.2 Å². The number of aliphatic hydroxyl groups is 6. The van der Waals surface area contributed by atoms with Crippen LogP contribution in [0.15, 0.2) is 0 Å². The van der Waals surface area contributed by atoms with Crippen LogP contribution >= 0.6 is 0 Å². The predicted octanol–water partition coefficient (Wildman–Crippen LogP) is -0.215. The van der Waals surface area contributed by atoms with E-state index in [2.05, 4.69) is 0 Å². The molecule has 0 aliphatic carbocycles. The van der Waals surface area contributed by atoms with Crippen molar-refractivity contribution in [2.45, 2.75) is 91.4 Å². The Hall–Kier alpha value is -0.118. The van der Waals surface area contributed by atoms with Crippen molar-refractivity contribution in [2.24, 2.45) is 5.92 Å². The molecule has 0 bridgehead atoms. The molecular weight excluding hydrogens is 412 g/mol. The third-order valence-corrected chi connectivity index (χ3v) is 2.85. The van der Waals surface area contributed by atoms with Gasteiger partial charge in [-0.2, -0.15) is 0 Å². The van der Waals surface area contributed by atoms with Crippen LogP contribution in [-0.4, -0.2) is 87.1 Å². The van der Waals surface area contributed by atoms with E-state index in [9.17, 15) is 15.0 Å². The largest absolute Gasteiger partial charge is 0.393 e. The normalized spacial score (nSPS) is 17.7. The summed E-state index contributed by atoms with van der Waals surface area (Å²) in [7, 11) is 0. The zero-order chi connectivity index (χ0) is 22.0. The summed E-state index contributed by atoms with van der Waals surface area (Å²) in [4.78, 5) is 10.5. The molecule has 0 spiro atoms. The van der Waals surface area contributed by atoms with Crippen LogP contribution in [0.1, 0.15) is 54.4 Å². The van der Waals surface area contributed by atoms with Crippen molar-refractivity contribution in [2.75, 3.05) is 13.2 Å². The second-order valence-electron chi connectivity index (χ2n) is 6.27. The molecule has 9 nitrogen and oxygen atoms in total. The Bertz CT molecular complexity index is 277. The van der Waals surface area contributed by atoms with Gasteiger partial charge in [-0.25, -0.2) is 0 Å². The van der Waals surface area contributed by atoms with Gasteiger partial charge in [-0.3, -0.25) is 0 Å². The topological polar surface area (TPSA) is 157 Å². The summed E-state index contributed by atoms with van der Waals surface area (Å²) in [6, 6.07) is 0. The fourth-order valence-corrected chi connectivity index (χ4v) is 1.83. The van der Waals surface area contributed by atoms with E-state index in [1.165, 1.54) is 0 Å². The van der Waals surface area contributed by atoms with Gasteiger partial charge in [0.2, 0.25) is 0 Å². The van der Waals surface area contributed by atoms with E-state index in [1.807, 2.05) is 0 Å². The zero-order valence-corrected chi connectivity index (χ0v) is 19.0. The van der Waals surface area contributed by atoms with Crippen LogP contribution in [0.2, 0.25) is 0 Å². The predicted molar refractivity (Wildman–Crippen MR) is 101 cm³/mol. The molecule has 0 aromatic rings. The molecule has 0 aromatic heterocycles. The van der Waals surface area contributed by atoms with Crippen molar-refractivity contribution in [3.05, 3.63) is 0 Å². The molecule has 0 saturated heterocycles. The summed E-state index contributed by atoms with van der Waals surface area (Å²) in [6.45, 7) is 10.5. The molecule has 28 heavy (non-hydrogen) atoms.